The highest BCUT2D eigenvalue weighted by atomic mass is 16.6. The minimum Gasteiger partial charge on any atom is -0.409 e. The van der Waals surface area contributed by atoms with Gasteiger partial charge in [0, 0.05) is 31.9 Å². The smallest absolute Gasteiger partial charge is 0.409 e. The number of carbonyl (C=O) groups is 1. The van der Waals surface area contributed by atoms with E-state index in [0.29, 0.717) is 12.3 Å². The predicted molar refractivity (Wildman–Crippen MR) is 59.3 cm³/mol. The lowest BCUT2D eigenvalue weighted by Gasteiger charge is -2.32. The summed E-state index contributed by atoms with van der Waals surface area (Å²) in [5, 5.41) is 3.22. The van der Waals surface area contributed by atoms with Crippen LogP contribution >= 0.6 is 0 Å². The van der Waals surface area contributed by atoms with Gasteiger partial charge >= 0.3 is 6.09 Å². The molecule has 2 rings (SSSR count). The van der Waals surface area contributed by atoms with Gasteiger partial charge in [-0.25, -0.2) is 4.79 Å². The normalized spacial score (nSPS) is 20.6. The van der Waals surface area contributed by atoms with Gasteiger partial charge in [-0.15, -0.1) is 0 Å². The van der Waals surface area contributed by atoms with Gasteiger partial charge in [-0.1, -0.05) is 0 Å². The monoisotopic (exact) mass is 221 g/mol. The van der Waals surface area contributed by atoms with Crippen molar-refractivity contribution in [3.8, 4) is 5.75 Å². The molecular weight excluding hydrogens is 206 g/mol. The third-order valence-corrected chi connectivity index (χ3v) is 2.58. The number of rotatable bonds is 1. The van der Waals surface area contributed by atoms with Crippen molar-refractivity contribution in [3.05, 3.63) is 24.5 Å². The number of hydrogen-bond acceptors (Lipinski definition) is 4. The van der Waals surface area contributed by atoms with E-state index < -0.39 is 0 Å². The highest BCUT2D eigenvalue weighted by Gasteiger charge is 2.24. The van der Waals surface area contributed by atoms with Crippen LogP contribution in [-0.2, 0) is 0 Å². The lowest BCUT2D eigenvalue weighted by molar-refractivity contribution is 0.124. The Kier molecular flexibility index (Phi) is 3.36. The first-order valence-corrected chi connectivity index (χ1v) is 5.36. The number of hydrogen-bond donors (Lipinski definition) is 1. The average molecular weight is 221 g/mol. The van der Waals surface area contributed by atoms with Crippen molar-refractivity contribution in [2.24, 2.45) is 0 Å². The second-order valence-corrected chi connectivity index (χ2v) is 3.80. The van der Waals surface area contributed by atoms with Crippen molar-refractivity contribution in [1.29, 1.82) is 0 Å². The van der Waals surface area contributed by atoms with Crippen molar-refractivity contribution in [2.45, 2.75) is 13.0 Å². The van der Waals surface area contributed by atoms with E-state index in [9.17, 15) is 4.79 Å². The van der Waals surface area contributed by atoms with Crippen LogP contribution in [0.25, 0.3) is 0 Å². The minimum absolute atomic E-state index is 0.165. The van der Waals surface area contributed by atoms with E-state index in [2.05, 4.69) is 10.3 Å². The SMILES string of the molecule is CC1CNCCN1C(=O)Oc1cccnc1. The molecule has 5 nitrogen and oxygen atoms in total. The van der Waals surface area contributed by atoms with Gasteiger partial charge in [0.2, 0.25) is 0 Å². The van der Waals surface area contributed by atoms with Crippen molar-refractivity contribution < 1.29 is 9.53 Å². The molecule has 1 aromatic rings. The van der Waals surface area contributed by atoms with Crippen molar-refractivity contribution in [2.75, 3.05) is 19.6 Å². The zero-order chi connectivity index (χ0) is 11.4. The number of carbonyl (C=O) groups excluding carboxylic acids is 1. The molecule has 1 aliphatic heterocycles. The van der Waals surface area contributed by atoms with E-state index in [-0.39, 0.29) is 12.1 Å². The standard InChI is InChI=1S/C11H15N3O2/c1-9-7-13-5-6-14(9)11(15)16-10-3-2-4-12-8-10/h2-4,8-9,13H,5-7H2,1H3. The molecule has 1 unspecified atom stereocenters. The molecular formula is C11H15N3O2. The Bertz CT molecular complexity index is 356. The van der Waals surface area contributed by atoms with Gasteiger partial charge in [0.05, 0.1) is 6.20 Å². The third-order valence-electron chi connectivity index (χ3n) is 2.58. The molecule has 1 atom stereocenters. The molecule has 0 radical (unpaired) electrons. The third kappa shape index (κ3) is 2.49. The molecule has 1 N–H and O–H groups in total. The summed E-state index contributed by atoms with van der Waals surface area (Å²) in [5.74, 6) is 0.484. The quantitative estimate of drug-likeness (QED) is 0.764. The summed E-state index contributed by atoms with van der Waals surface area (Å²) < 4.78 is 5.22. The van der Waals surface area contributed by atoms with Gasteiger partial charge in [0.15, 0.2) is 5.75 Å². The molecule has 16 heavy (non-hydrogen) atoms. The summed E-state index contributed by atoms with van der Waals surface area (Å²) >= 11 is 0. The molecule has 0 aromatic carbocycles. The van der Waals surface area contributed by atoms with Gasteiger partial charge in [0.25, 0.3) is 0 Å². The molecule has 2 heterocycles. The Hall–Kier alpha value is -1.62. The molecule has 1 saturated heterocycles. The van der Waals surface area contributed by atoms with Gasteiger partial charge in [-0.05, 0) is 19.1 Å². The van der Waals surface area contributed by atoms with E-state index in [1.807, 2.05) is 6.92 Å². The largest absolute Gasteiger partial charge is 0.415 e. The maximum absolute atomic E-state index is 11.8. The summed E-state index contributed by atoms with van der Waals surface area (Å²) in [4.78, 5) is 17.4. The van der Waals surface area contributed by atoms with Crippen LogP contribution in [0.5, 0.6) is 5.75 Å². The minimum atomic E-state index is -0.304. The number of ether oxygens (including phenoxy) is 1. The van der Waals surface area contributed by atoms with E-state index >= 15 is 0 Å². The zero-order valence-corrected chi connectivity index (χ0v) is 9.22. The van der Waals surface area contributed by atoms with E-state index in [1.54, 1.807) is 23.2 Å². The molecule has 0 spiro atoms. The summed E-state index contributed by atoms with van der Waals surface area (Å²) in [7, 11) is 0. The first-order chi connectivity index (χ1) is 7.77. The lowest BCUT2D eigenvalue weighted by atomic mass is 10.2. The fourth-order valence-electron chi connectivity index (χ4n) is 1.68. The first kappa shape index (κ1) is 10.9. The summed E-state index contributed by atoms with van der Waals surface area (Å²) in [5.41, 5.74) is 0. The van der Waals surface area contributed by atoms with Crippen molar-refractivity contribution >= 4 is 6.09 Å². The van der Waals surface area contributed by atoms with Gasteiger partial charge in [-0.3, -0.25) is 4.98 Å². The topological polar surface area (TPSA) is 54.5 Å². The number of pyridine rings is 1. The predicted octanol–water partition coefficient (Wildman–Crippen LogP) is 0.874. The highest BCUT2D eigenvalue weighted by Crippen LogP contribution is 2.11. The van der Waals surface area contributed by atoms with Crippen molar-refractivity contribution in [1.82, 2.24) is 15.2 Å². The highest BCUT2D eigenvalue weighted by molar-refractivity contribution is 5.71. The Labute approximate surface area is 94.4 Å². The maximum Gasteiger partial charge on any atom is 0.415 e. The second-order valence-electron chi connectivity index (χ2n) is 3.80. The molecule has 5 heteroatoms. The molecule has 1 aliphatic rings. The fraction of sp³-hybridized carbons (Fsp3) is 0.455. The molecule has 1 amide bonds. The average Bonchev–Trinajstić information content (AvgIpc) is 2.31. The Morgan fingerprint density at radius 2 is 2.56 bits per heavy atom. The number of nitrogens with zero attached hydrogens (tertiary/aromatic N) is 2. The maximum atomic E-state index is 11.8. The molecule has 86 valence electrons. The van der Waals surface area contributed by atoms with Crippen LogP contribution < -0.4 is 10.1 Å². The summed E-state index contributed by atoms with van der Waals surface area (Å²) in [6.45, 7) is 4.30. The number of nitrogens with one attached hydrogen (secondary N) is 1. The van der Waals surface area contributed by atoms with Crippen LogP contribution in [0.3, 0.4) is 0 Å². The number of piperazine rings is 1. The number of aromatic nitrogens is 1. The van der Waals surface area contributed by atoms with Gasteiger partial charge in [0.1, 0.15) is 0 Å². The second kappa shape index (κ2) is 4.94. The summed E-state index contributed by atoms with van der Waals surface area (Å²) in [6, 6.07) is 3.62. The van der Waals surface area contributed by atoms with Crippen LogP contribution in [0.1, 0.15) is 6.92 Å². The molecule has 1 aromatic heterocycles. The van der Waals surface area contributed by atoms with E-state index in [1.165, 1.54) is 6.20 Å². The Morgan fingerprint density at radius 1 is 1.69 bits per heavy atom. The molecule has 0 bridgehead atoms. The molecule has 0 aliphatic carbocycles. The van der Waals surface area contributed by atoms with Gasteiger partial charge < -0.3 is 15.0 Å². The Balaban J connectivity index is 1.97. The van der Waals surface area contributed by atoms with Crippen LogP contribution in [-0.4, -0.2) is 41.7 Å². The number of amides is 1. The zero-order valence-electron chi connectivity index (χ0n) is 9.22. The van der Waals surface area contributed by atoms with Crippen LogP contribution in [0.15, 0.2) is 24.5 Å². The van der Waals surface area contributed by atoms with Crippen molar-refractivity contribution in [3.63, 3.8) is 0 Å². The van der Waals surface area contributed by atoms with Crippen LogP contribution in [0.2, 0.25) is 0 Å². The van der Waals surface area contributed by atoms with E-state index in [4.69, 9.17) is 4.74 Å². The fourth-order valence-corrected chi connectivity index (χ4v) is 1.68. The summed E-state index contributed by atoms with van der Waals surface area (Å²) in [6.07, 6.45) is 2.87. The first-order valence-electron chi connectivity index (χ1n) is 5.36. The molecule has 1 fully saturated rings. The van der Waals surface area contributed by atoms with Crippen LogP contribution in [0.4, 0.5) is 4.79 Å². The van der Waals surface area contributed by atoms with Crippen LogP contribution in [0, 0.1) is 0 Å². The Morgan fingerprint density at radius 3 is 3.25 bits per heavy atom. The lowest BCUT2D eigenvalue weighted by Crippen LogP contribution is -2.53. The van der Waals surface area contributed by atoms with Gasteiger partial charge in [-0.2, -0.15) is 0 Å². The molecule has 0 saturated carbocycles. The van der Waals surface area contributed by atoms with E-state index in [0.717, 1.165) is 13.1 Å².